The molecule has 30 heavy (non-hydrogen) atoms. The average Bonchev–Trinajstić information content (AvgIpc) is 2.70. The Bertz CT molecular complexity index is 771. The lowest BCUT2D eigenvalue weighted by Crippen LogP contribution is -2.57. The number of nitrogens with one attached hydrogen (secondary N) is 3. The van der Waals surface area contributed by atoms with E-state index in [0.29, 0.717) is 5.56 Å². The number of hydrogen-bond acceptors (Lipinski definition) is 7. The molecule has 164 valence electrons. The quantitative estimate of drug-likeness (QED) is 0.179. The van der Waals surface area contributed by atoms with Crippen molar-refractivity contribution in [2.45, 2.75) is 31.0 Å². The molecule has 9 N–H and O–H groups in total. The molecule has 12 heteroatoms. The maximum atomic E-state index is 12.6. The van der Waals surface area contributed by atoms with Crippen LogP contribution in [0.25, 0.3) is 0 Å². The van der Waals surface area contributed by atoms with Gasteiger partial charge >= 0.3 is 5.97 Å². The molecule has 0 saturated carbocycles. The molecule has 0 spiro atoms. The highest BCUT2D eigenvalue weighted by Gasteiger charge is 2.30. The van der Waals surface area contributed by atoms with Gasteiger partial charge < -0.3 is 37.6 Å². The van der Waals surface area contributed by atoms with Gasteiger partial charge in [-0.2, -0.15) is 0 Å². The summed E-state index contributed by atoms with van der Waals surface area (Å²) in [7, 11) is 0. The standard InChI is InChI=1S/C18H25N5O7/c19-8-15(26)21-12(7-14(20)25)17(28)22-11(6-10-4-2-1-3-5-10)16(27)23-13(9-24)18(29)30/h1-5,11-13,24H,6-9,19H2,(H2,20,25)(H,21,26)(H,22,28)(H,23,27)(H,29,30). The zero-order valence-electron chi connectivity index (χ0n) is 16.0. The van der Waals surface area contributed by atoms with Crippen LogP contribution in [0, 0.1) is 0 Å². The van der Waals surface area contributed by atoms with E-state index in [1.54, 1.807) is 30.3 Å². The van der Waals surface area contributed by atoms with E-state index in [1.165, 1.54) is 0 Å². The SMILES string of the molecule is NCC(=O)NC(CC(N)=O)C(=O)NC(Cc1ccccc1)C(=O)NC(CO)C(=O)O. The minimum Gasteiger partial charge on any atom is -0.480 e. The number of carbonyl (C=O) groups excluding carboxylic acids is 4. The summed E-state index contributed by atoms with van der Waals surface area (Å²) < 4.78 is 0. The normalized spacial score (nSPS) is 13.4. The minimum atomic E-state index is -1.58. The second-order valence-electron chi connectivity index (χ2n) is 6.33. The van der Waals surface area contributed by atoms with E-state index in [0.717, 1.165) is 0 Å². The number of carbonyl (C=O) groups is 5. The third kappa shape index (κ3) is 8.24. The molecule has 1 aromatic carbocycles. The first-order valence-corrected chi connectivity index (χ1v) is 8.94. The van der Waals surface area contributed by atoms with E-state index < -0.39 is 67.3 Å². The number of aliphatic hydroxyl groups is 1. The van der Waals surface area contributed by atoms with Crippen LogP contribution in [-0.4, -0.2) is 71.1 Å². The molecule has 12 nitrogen and oxygen atoms in total. The van der Waals surface area contributed by atoms with Crippen molar-refractivity contribution in [3.8, 4) is 0 Å². The molecule has 0 bridgehead atoms. The van der Waals surface area contributed by atoms with Gasteiger partial charge in [0.05, 0.1) is 19.6 Å². The van der Waals surface area contributed by atoms with Crippen LogP contribution in [0.1, 0.15) is 12.0 Å². The van der Waals surface area contributed by atoms with E-state index in [4.69, 9.17) is 21.7 Å². The number of aliphatic hydroxyl groups excluding tert-OH is 1. The summed E-state index contributed by atoms with van der Waals surface area (Å²) in [5, 5.41) is 24.9. The van der Waals surface area contributed by atoms with Crippen LogP contribution in [0.2, 0.25) is 0 Å². The van der Waals surface area contributed by atoms with Crippen molar-refractivity contribution in [1.82, 2.24) is 16.0 Å². The lowest BCUT2D eigenvalue weighted by molar-refractivity contribution is -0.143. The van der Waals surface area contributed by atoms with Gasteiger partial charge in [-0.3, -0.25) is 19.2 Å². The van der Waals surface area contributed by atoms with Crippen LogP contribution in [0.3, 0.4) is 0 Å². The summed E-state index contributed by atoms with van der Waals surface area (Å²) in [6.07, 6.45) is -0.560. The van der Waals surface area contributed by atoms with Crippen LogP contribution < -0.4 is 27.4 Å². The molecule has 0 heterocycles. The predicted molar refractivity (Wildman–Crippen MR) is 104 cm³/mol. The molecule has 0 aliphatic rings. The highest BCUT2D eigenvalue weighted by Crippen LogP contribution is 2.05. The maximum absolute atomic E-state index is 12.6. The monoisotopic (exact) mass is 423 g/mol. The first kappa shape index (κ1) is 24.5. The second kappa shape index (κ2) is 12.1. The highest BCUT2D eigenvalue weighted by atomic mass is 16.4. The van der Waals surface area contributed by atoms with E-state index in [2.05, 4.69) is 16.0 Å². The van der Waals surface area contributed by atoms with Crippen molar-refractivity contribution in [2.24, 2.45) is 11.5 Å². The Morgan fingerprint density at radius 2 is 1.47 bits per heavy atom. The van der Waals surface area contributed by atoms with Gasteiger partial charge in [-0.1, -0.05) is 30.3 Å². The molecule has 0 aromatic heterocycles. The summed E-state index contributed by atoms with van der Waals surface area (Å²) >= 11 is 0. The lowest BCUT2D eigenvalue weighted by atomic mass is 10.0. The molecule has 0 radical (unpaired) electrons. The lowest BCUT2D eigenvalue weighted by Gasteiger charge is -2.24. The predicted octanol–water partition coefficient (Wildman–Crippen LogP) is -3.41. The number of primary amides is 1. The van der Waals surface area contributed by atoms with Crippen LogP contribution in [-0.2, 0) is 30.4 Å². The van der Waals surface area contributed by atoms with E-state index >= 15 is 0 Å². The Hall–Kier alpha value is -3.51. The smallest absolute Gasteiger partial charge is 0.328 e. The van der Waals surface area contributed by atoms with Gasteiger partial charge in [0.1, 0.15) is 18.1 Å². The number of rotatable bonds is 12. The zero-order valence-corrected chi connectivity index (χ0v) is 16.0. The molecule has 0 aliphatic heterocycles. The molecular weight excluding hydrogens is 398 g/mol. The summed E-state index contributed by atoms with van der Waals surface area (Å²) in [4.78, 5) is 59.0. The van der Waals surface area contributed by atoms with E-state index in [-0.39, 0.29) is 6.42 Å². The maximum Gasteiger partial charge on any atom is 0.328 e. The minimum absolute atomic E-state index is 0.0235. The molecule has 3 unspecified atom stereocenters. The van der Waals surface area contributed by atoms with Crippen LogP contribution in [0.5, 0.6) is 0 Å². The van der Waals surface area contributed by atoms with Crippen molar-refractivity contribution in [3.05, 3.63) is 35.9 Å². The van der Waals surface area contributed by atoms with Gasteiger partial charge in [-0.05, 0) is 5.56 Å². The molecule has 0 fully saturated rings. The topological polar surface area (TPSA) is 214 Å². The first-order valence-electron chi connectivity index (χ1n) is 8.94. The Kier molecular flexibility index (Phi) is 9.92. The number of carboxylic acid groups (broad SMARTS) is 1. The Balaban J connectivity index is 3.05. The number of hydrogen-bond donors (Lipinski definition) is 7. The third-order valence-electron chi connectivity index (χ3n) is 3.96. The van der Waals surface area contributed by atoms with Gasteiger partial charge in [0.15, 0.2) is 0 Å². The Morgan fingerprint density at radius 1 is 0.900 bits per heavy atom. The molecule has 4 amide bonds. The summed E-state index contributed by atoms with van der Waals surface area (Å²) in [5.74, 6) is -4.81. The van der Waals surface area contributed by atoms with Gasteiger partial charge in [0.2, 0.25) is 23.6 Å². The Morgan fingerprint density at radius 3 is 1.97 bits per heavy atom. The van der Waals surface area contributed by atoms with Crippen molar-refractivity contribution in [3.63, 3.8) is 0 Å². The molecule has 1 aromatic rings. The first-order chi connectivity index (χ1) is 14.2. The fraction of sp³-hybridized carbons (Fsp3) is 0.389. The molecule has 1 rings (SSSR count). The van der Waals surface area contributed by atoms with Crippen LogP contribution in [0.15, 0.2) is 30.3 Å². The average molecular weight is 423 g/mol. The number of amides is 4. The fourth-order valence-electron chi connectivity index (χ4n) is 2.45. The molecule has 3 atom stereocenters. The number of nitrogens with two attached hydrogens (primary N) is 2. The van der Waals surface area contributed by atoms with Crippen LogP contribution in [0.4, 0.5) is 0 Å². The second-order valence-corrected chi connectivity index (χ2v) is 6.33. The van der Waals surface area contributed by atoms with Gasteiger partial charge in [0, 0.05) is 6.42 Å². The number of carboxylic acids is 1. The van der Waals surface area contributed by atoms with Gasteiger partial charge in [-0.25, -0.2) is 4.79 Å². The van der Waals surface area contributed by atoms with Crippen molar-refractivity contribution in [1.29, 1.82) is 0 Å². The van der Waals surface area contributed by atoms with Crippen molar-refractivity contribution >= 4 is 29.6 Å². The van der Waals surface area contributed by atoms with Crippen LogP contribution >= 0.6 is 0 Å². The van der Waals surface area contributed by atoms with Gasteiger partial charge in [-0.15, -0.1) is 0 Å². The summed E-state index contributed by atoms with van der Waals surface area (Å²) in [6, 6.07) is 4.31. The highest BCUT2D eigenvalue weighted by molar-refractivity contribution is 5.95. The fourth-order valence-corrected chi connectivity index (χ4v) is 2.45. The van der Waals surface area contributed by atoms with E-state index in [9.17, 15) is 24.0 Å². The Labute approximate surface area is 172 Å². The summed E-state index contributed by atoms with van der Waals surface area (Å²) in [6.45, 7) is -1.29. The summed E-state index contributed by atoms with van der Waals surface area (Å²) in [5.41, 5.74) is 10.9. The zero-order chi connectivity index (χ0) is 22.7. The molecular formula is C18H25N5O7. The third-order valence-corrected chi connectivity index (χ3v) is 3.96. The van der Waals surface area contributed by atoms with Gasteiger partial charge in [0.25, 0.3) is 0 Å². The largest absolute Gasteiger partial charge is 0.480 e. The number of aliphatic carboxylic acids is 1. The van der Waals surface area contributed by atoms with E-state index in [1.807, 2.05) is 0 Å². The number of benzene rings is 1. The molecule has 0 aliphatic carbocycles. The van der Waals surface area contributed by atoms with Crippen molar-refractivity contribution in [2.75, 3.05) is 13.2 Å². The molecule has 0 saturated heterocycles. The van der Waals surface area contributed by atoms with Crippen molar-refractivity contribution < 1.29 is 34.2 Å².